The van der Waals surface area contributed by atoms with E-state index in [4.69, 9.17) is 14.2 Å². The zero-order valence-electron chi connectivity index (χ0n) is 13.1. The van der Waals surface area contributed by atoms with Crippen molar-refractivity contribution in [2.75, 3.05) is 33.2 Å². The summed E-state index contributed by atoms with van der Waals surface area (Å²) in [6.07, 6.45) is 1.05. The largest absolute Gasteiger partial charge is 0.382 e. The lowest BCUT2D eigenvalue weighted by Gasteiger charge is -2.20. The predicted octanol–water partition coefficient (Wildman–Crippen LogP) is 0.788. The maximum atomic E-state index is 12.2. The smallest absolute Gasteiger partial charge is 0.351 e. The number of hydrogen-bond acceptors (Lipinski definition) is 6. The van der Waals surface area contributed by atoms with Gasteiger partial charge in [-0.1, -0.05) is 6.92 Å². The Kier molecular flexibility index (Phi) is 4.97. The summed E-state index contributed by atoms with van der Waals surface area (Å²) in [7, 11) is 5.00. The van der Waals surface area contributed by atoms with Crippen molar-refractivity contribution in [2.24, 2.45) is 5.92 Å². The van der Waals surface area contributed by atoms with Crippen LogP contribution in [0.25, 0.3) is 0 Å². The highest BCUT2D eigenvalue weighted by Crippen LogP contribution is 2.35. The van der Waals surface area contributed by atoms with E-state index in [9.17, 15) is 4.79 Å². The summed E-state index contributed by atoms with van der Waals surface area (Å²) >= 11 is 0. The van der Waals surface area contributed by atoms with Crippen LogP contribution in [0, 0.1) is 12.8 Å². The third-order valence-corrected chi connectivity index (χ3v) is 3.90. The highest BCUT2D eigenvalue weighted by atomic mass is 16.6. The van der Waals surface area contributed by atoms with Gasteiger partial charge in [0.15, 0.2) is 0 Å². The van der Waals surface area contributed by atoms with Crippen LogP contribution < -0.4 is 11.0 Å². The molecule has 0 aliphatic carbocycles. The molecule has 2 rings (SSSR count). The molecule has 0 saturated carbocycles. The number of rotatable bonds is 5. The van der Waals surface area contributed by atoms with Gasteiger partial charge >= 0.3 is 5.69 Å². The fourth-order valence-corrected chi connectivity index (χ4v) is 2.87. The Balaban J connectivity index is 2.34. The molecule has 1 fully saturated rings. The molecule has 2 heterocycles. The van der Waals surface area contributed by atoms with Crippen LogP contribution in [0.15, 0.2) is 11.0 Å². The van der Waals surface area contributed by atoms with Crippen LogP contribution >= 0.6 is 0 Å². The van der Waals surface area contributed by atoms with Crippen LogP contribution in [0.4, 0.5) is 5.82 Å². The molecule has 4 atom stereocenters. The molecule has 1 aliphatic rings. The van der Waals surface area contributed by atoms with Gasteiger partial charge in [0, 0.05) is 38.9 Å². The van der Waals surface area contributed by atoms with Crippen molar-refractivity contribution in [1.29, 1.82) is 0 Å². The molecule has 1 aromatic rings. The average Bonchev–Trinajstić information content (AvgIpc) is 2.77. The van der Waals surface area contributed by atoms with Gasteiger partial charge in [0.25, 0.3) is 0 Å². The summed E-state index contributed by atoms with van der Waals surface area (Å²) in [6, 6.07) is 0. The van der Waals surface area contributed by atoms with Gasteiger partial charge in [0.05, 0.1) is 12.7 Å². The third-order valence-electron chi connectivity index (χ3n) is 3.90. The Morgan fingerprint density at radius 3 is 2.76 bits per heavy atom. The maximum absolute atomic E-state index is 12.2. The van der Waals surface area contributed by atoms with Gasteiger partial charge in [-0.05, 0) is 6.92 Å². The first-order valence-corrected chi connectivity index (χ1v) is 6.98. The van der Waals surface area contributed by atoms with E-state index in [0.717, 1.165) is 5.56 Å². The molecule has 118 valence electrons. The second-order valence-corrected chi connectivity index (χ2v) is 5.29. The van der Waals surface area contributed by atoms with E-state index >= 15 is 0 Å². The van der Waals surface area contributed by atoms with Gasteiger partial charge in [0.2, 0.25) is 0 Å². The second kappa shape index (κ2) is 6.55. The van der Waals surface area contributed by atoms with E-state index < -0.39 is 6.23 Å². The summed E-state index contributed by atoms with van der Waals surface area (Å²) in [5.41, 5.74) is 0.548. The number of hydrogen-bond donors (Lipinski definition) is 1. The minimum Gasteiger partial charge on any atom is -0.382 e. The molecule has 1 aliphatic heterocycles. The number of ether oxygens (including phenoxy) is 3. The van der Waals surface area contributed by atoms with Gasteiger partial charge < -0.3 is 19.5 Å². The van der Waals surface area contributed by atoms with Gasteiger partial charge in [-0.2, -0.15) is 4.98 Å². The molecule has 1 saturated heterocycles. The van der Waals surface area contributed by atoms with Crippen molar-refractivity contribution in [1.82, 2.24) is 9.55 Å². The molecule has 21 heavy (non-hydrogen) atoms. The number of anilines is 1. The minimum atomic E-state index is -0.403. The highest BCUT2D eigenvalue weighted by molar-refractivity contribution is 5.40. The quantitative estimate of drug-likeness (QED) is 0.866. The number of nitrogens with zero attached hydrogens (tertiary/aromatic N) is 2. The van der Waals surface area contributed by atoms with E-state index in [1.54, 1.807) is 27.5 Å². The molecule has 0 spiro atoms. The van der Waals surface area contributed by atoms with Gasteiger partial charge in [-0.15, -0.1) is 0 Å². The van der Waals surface area contributed by atoms with Crippen LogP contribution in [0.5, 0.6) is 0 Å². The van der Waals surface area contributed by atoms with E-state index in [1.165, 1.54) is 4.57 Å². The fraction of sp³-hybridized carbons (Fsp3) is 0.714. The molecule has 0 aromatic carbocycles. The van der Waals surface area contributed by atoms with Crippen molar-refractivity contribution in [3.8, 4) is 0 Å². The van der Waals surface area contributed by atoms with E-state index in [-0.39, 0.29) is 23.8 Å². The summed E-state index contributed by atoms with van der Waals surface area (Å²) in [4.78, 5) is 16.2. The normalized spacial score (nSPS) is 28.8. The summed E-state index contributed by atoms with van der Waals surface area (Å²) < 4.78 is 18.2. The topological polar surface area (TPSA) is 74.6 Å². The lowest BCUT2D eigenvalue weighted by Crippen LogP contribution is -2.32. The lowest BCUT2D eigenvalue weighted by atomic mass is 10.0. The zero-order chi connectivity index (χ0) is 15.6. The maximum Gasteiger partial charge on any atom is 0.351 e. The van der Waals surface area contributed by atoms with Crippen molar-refractivity contribution in [3.63, 3.8) is 0 Å². The van der Waals surface area contributed by atoms with Crippen molar-refractivity contribution < 1.29 is 14.2 Å². The lowest BCUT2D eigenvalue weighted by molar-refractivity contribution is -0.0622. The van der Waals surface area contributed by atoms with Crippen molar-refractivity contribution >= 4 is 5.82 Å². The summed E-state index contributed by atoms with van der Waals surface area (Å²) in [5.74, 6) is 0.605. The zero-order valence-corrected chi connectivity index (χ0v) is 13.1. The molecule has 0 radical (unpaired) electrons. The standard InChI is InChI=1S/C14H23N3O4/c1-8-6-17(14(18)16-12(8)15-3)13-9(2)11(20-5)10(21-13)7-19-4/h6,9-11,13H,7H2,1-5H3,(H,15,16,18). The SMILES string of the molecule is CNc1nc(=O)n(C2OC(COC)C(OC)C2C)cc1C. The summed E-state index contributed by atoms with van der Waals surface area (Å²) in [5, 5.41) is 2.90. The van der Waals surface area contributed by atoms with Crippen LogP contribution in [0.2, 0.25) is 0 Å². The number of methoxy groups -OCH3 is 2. The first-order valence-electron chi connectivity index (χ1n) is 6.98. The first kappa shape index (κ1) is 15.9. The monoisotopic (exact) mass is 297 g/mol. The Morgan fingerprint density at radius 2 is 2.19 bits per heavy atom. The molecular weight excluding hydrogens is 274 g/mol. The molecule has 1 aromatic heterocycles. The molecule has 1 N–H and O–H groups in total. The highest BCUT2D eigenvalue weighted by Gasteiger charge is 2.43. The van der Waals surface area contributed by atoms with Crippen LogP contribution in [0.1, 0.15) is 18.7 Å². The Bertz CT molecular complexity index is 546. The van der Waals surface area contributed by atoms with Crippen LogP contribution in [0.3, 0.4) is 0 Å². The van der Waals surface area contributed by atoms with Gasteiger partial charge in [-0.25, -0.2) is 4.79 Å². The van der Waals surface area contributed by atoms with Gasteiger partial charge in [0.1, 0.15) is 18.1 Å². The van der Waals surface area contributed by atoms with E-state index in [2.05, 4.69) is 10.3 Å². The molecule has 0 bridgehead atoms. The average molecular weight is 297 g/mol. The summed E-state index contributed by atoms with van der Waals surface area (Å²) in [6.45, 7) is 4.33. The number of nitrogens with one attached hydrogen (secondary N) is 1. The predicted molar refractivity (Wildman–Crippen MR) is 78.5 cm³/mol. The minimum absolute atomic E-state index is 0.0227. The van der Waals surface area contributed by atoms with Crippen molar-refractivity contribution in [3.05, 3.63) is 22.2 Å². The Labute approximate surface area is 124 Å². The fourth-order valence-electron chi connectivity index (χ4n) is 2.87. The van der Waals surface area contributed by atoms with E-state index in [1.807, 2.05) is 13.8 Å². The van der Waals surface area contributed by atoms with Gasteiger partial charge in [-0.3, -0.25) is 4.57 Å². The van der Waals surface area contributed by atoms with Crippen LogP contribution in [-0.4, -0.2) is 49.6 Å². The number of aryl methyl sites for hydroxylation is 1. The first-order chi connectivity index (χ1) is 10.0. The molecule has 4 unspecified atom stereocenters. The second-order valence-electron chi connectivity index (χ2n) is 5.29. The van der Waals surface area contributed by atoms with Crippen LogP contribution in [-0.2, 0) is 14.2 Å². The Hall–Kier alpha value is -1.44. The molecule has 7 heteroatoms. The van der Waals surface area contributed by atoms with E-state index in [0.29, 0.717) is 12.4 Å². The Morgan fingerprint density at radius 1 is 1.48 bits per heavy atom. The molecule has 7 nitrogen and oxygen atoms in total. The van der Waals surface area contributed by atoms with Crippen molar-refractivity contribution in [2.45, 2.75) is 32.3 Å². The molecule has 0 amide bonds. The molecular formula is C14H23N3O4. The third kappa shape index (κ3) is 2.95. The number of aromatic nitrogens is 2.